The number of pyridine rings is 1. The van der Waals surface area contributed by atoms with Crippen molar-refractivity contribution in [3.8, 4) is 0 Å². The minimum Gasteiger partial charge on any atom is -0.260 e. The van der Waals surface area contributed by atoms with E-state index in [0.29, 0.717) is 0 Å². The van der Waals surface area contributed by atoms with Gasteiger partial charge in [0.1, 0.15) is 11.2 Å². The molecule has 2 heterocycles. The van der Waals surface area contributed by atoms with Gasteiger partial charge in [-0.15, -0.1) is 10.2 Å². The normalized spacial score (nSPS) is 10.7. The molecule has 18 heavy (non-hydrogen) atoms. The summed E-state index contributed by atoms with van der Waals surface area (Å²) in [5.41, 5.74) is 1.04. The van der Waals surface area contributed by atoms with Gasteiger partial charge in [-0.2, -0.15) is 0 Å². The molecule has 3 rings (SSSR count). The highest BCUT2D eigenvalue weighted by molar-refractivity contribution is 7.98. The zero-order valence-corrected chi connectivity index (χ0v) is 10.4. The molecule has 87 valence electrons. The third-order valence-corrected chi connectivity index (χ3v) is 3.57. The van der Waals surface area contributed by atoms with Crippen molar-refractivity contribution in [2.75, 3.05) is 0 Å². The largest absolute Gasteiger partial charge is 0.260 e. The van der Waals surface area contributed by atoms with Gasteiger partial charge in [-0.1, -0.05) is 42.1 Å². The van der Waals surface area contributed by atoms with Crippen LogP contribution in [-0.2, 0) is 5.75 Å². The van der Waals surface area contributed by atoms with Gasteiger partial charge >= 0.3 is 0 Å². The van der Waals surface area contributed by atoms with E-state index in [1.807, 2.05) is 42.5 Å². The fourth-order valence-corrected chi connectivity index (χ4v) is 2.57. The first kappa shape index (κ1) is 11.2. The lowest BCUT2D eigenvalue weighted by Crippen LogP contribution is -1.90. The number of hydrogen-bond donors (Lipinski definition) is 0. The van der Waals surface area contributed by atoms with Crippen LogP contribution in [0.15, 0.2) is 53.7 Å². The number of fused-ring (bicyclic) bond motifs is 1. The third-order valence-electron chi connectivity index (χ3n) is 2.55. The number of hydrogen-bond acceptors (Lipinski definition) is 4. The summed E-state index contributed by atoms with van der Waals surface area (Å²) in [6.45, 7) is 0. The lowest BCUT2D eigenvalue weighted by Gasteiger charge is -2.03. The zero-order valence-electron chi connectivity index (χ0n) is 9.58. The first-order valence-electron chi connectivity index (χ1n) is 5.59. The third kappa shape index (κ3) is 2.33. The molecule has 0 saturated heterocycles. The number of nitrogens with zero attached hydrogens (tertiary/aromatic N) is 3. The van der Waals surface area contributed by atoms with Gasteiger partial charge in [-0.25, -0.2) is 0 Å². The summed E-state index contributed by atoms with van der Waals surface area (Å²) in [7, 11) is 0. The number of thioether (sulfide) groups is 1. The predicted molar refractivity (Wildman–Crippen MR) is 72.2 cm³/mol. The number of benzene rings is 1. The van der Waals surface area contributed by atoms with Gasteiger partial charge < -0.3 is 0 Å². The fraction of sp³-hybridized carbons (Fsp3) is 0.0714. The van der Waals surface area contributed by atoms with Crippen molar-refractivity contribution in [3.63, 3.8) is 0 Å². The van der Waals surface area contributed by atoms with Crippen molar-refractivity contribution in [1.29, 1.82) is 0 Å². The summed E-state index contributed by atoms with van der Waals surface area (Å²) >= 11 is 1.65. The van der Waals surface area contributed by atoms with Crippen molar-refractivity contribution in [1.82, 2.24) is 15.2 Å². The highest BCUT2D eigenvalue weighted by atomic mass is 32.2. The average Bonchev–Trinajstić information content (AvgIpc) is 2.46. The van der Waals surface area contributed by atoms with Crippen LogP contribution in [0, 0.1) is 6.20 Å². The van der Waals surface area contributed by atoms with Crippen LogP contribution in [0.4, 0.5) is 0 Å². The maximum atomic E-state index is 4.30. The Morgan fingerprint density at radius 2 is 1.94 bits per heavy atom. The summed E-state index contributed by atoms with van der Waals surface area (Å²) in [5, 5.41) is 11.1. The van der Waals surface area contributed by atoms with Gasteiger partial charge in [-0.05, 0) is 12.1 Å². The SMILES string of the molecule is [c]1nnc(SCc2ccccn2)c2ccccc12. The average molecular weight is 252 g/mol. The van der Waals surface area contributed by atoms with E-state index >= 15 is 0 Å². The molecule has 0 aliphatic heterocycles. The van der Waals surface area contributed by atoms with E-state index in [1.165, 1.54) is 0 Å². The van der Waals surface area contributed by atoms with Crippen molar-refractivity contribution in [3.05, 3.63) is 60.6 Å². The second-order valence-electron chi connectivity index (χ2n) is 3.77. The van der Waals surface area contributed by atoms with Gasteiger partial charge in [0.2, 0.25) is 0 Å². The van der Waals surface area contributed by atoms with E-state index in [4.69, 9.17) is 0 Å². The molecule has 3 nitrogen and oxygen atoms in total. The summed E-state index contributed by atoms with van der Waals surface area (Å²) in [5.74, 6) is 0.795. The second kappa shape index (κ2) is 5.14. The monoisotopic (exact) mass is 252 g/mol. The Bertz CT molecular complexity index is 650. The Morgan fingerprint density at radius 1 is 1.06 bits per heavy atom. The van der Waals surface area contributed by atoms with Crippen molar-refractivity contribution in [2.24, 2.45) is 0 Å². The van der Waals surface area contributed by atoms with Gasteiger partial charge in [-0.3, -0.25) is 4.98 Å². The molecule has 2 aromatic heterocycles. The van der Waals surface area contributed by atoms with E-state index in [-0.39, 0.29) is 0 Å². The highest BCUT2D eigenvalue weighted by Crippen LogP contribution is 2.26. The standard InChI is InChI=1S/C14H10N3S/c1-2-7-13-11(5-1)9-16-17-14(13)18-10-12-6-3-4-8-15-12/h1-8H,10H2. The van der Waals surface area contributed by atoms with Gasteiger partial charge in [0.25, 0.3) is 0 Å². The van der Waals surface area contributed by atoms with Crippen LogP contribution in [0.5, 0.6) is 0 Å². The second-order valence-corrected chi connectivity index (χ2v) is 4.74. The molecule has 0 aliphatic rings. The Hall–Kier alpha value is -1.94. The molecule has 0 spiro atoms. The predicted octanol–water partition coefficient (Wildman–Crippen LogP) is 3.12. The molecule has 1 radical (unpaired) electrons. The van der Waals surface area contributed by atoms with Gasteiger partial charge in [0, 0.05) is 22.7 Å². The Labute approximate surface area is 109 Å². The lowest BCUT2D eigenvalue weighted by atomic mass is 10.2. The summed E-state index contributed by atoms with van der Waals surface area (Å²) in [6, 6.07) is 13.9. The molecule has 0 bridgehead atoms. The molecule has 4 heteroatoms. The smallest absolute Gasteiger partial charge is 0.127 e. The van der Waals surface area contributed by atoms with E-state index < -0.39 is 0 Å². The van der Waals surface area contributed by atoms with Crippen molar-refractivity contribution in [2.45, 2.75) is 10.8 Å². The van der Waals surface area contributed by atoms with E-state index in [0.717, 1.165) is 27.2 Å². The molecule has 0 N–H and O–H groups in total. The van der Waals surface area contributed by atoms with Crippen LogP contribution in [-0.4, -0.2) is 15.2 Å². The fourth-order valence-electron chi connectivity index (χ4n) is 1.68. The quantitative estimate of drug-likeness (QED) is 0.671. The van der Waals surface area contributed by atoms with Crippen molar-refractivity contribution >= 4 is 22.5 Å². The molecule has 0 atom stereocenters. The number of aromatic nitrogens is 3. The van der Waals surface area contributed by atoms with Crippen LogP contribution >= 0.6 is 11.8 Å². The van der Waals surface area contributed by atoms with Crippen LogP contribution in [0.1, 0.15) is 5.69 Å². The molecule has 0 aliphatic carbocycles. The topological polar surface area (TPSA) is 38.7 Å². The minimum atomic E-state index is 0.795. The summed E-state index contributed by atoms with van der Waals surface area (Å²) < 4.78 is 0. The maximum Gasteiger partial charge on any atom is 0.127 e. The van der Waals surface area contributed by atoms with Crippen molar-refractivity contribution < 1.29 is 0 Å². The van der Waals surface area contributed by atoms with Crippen LogP contribution in [0.2, 0.25) is 0 Å². The Kier molecular flexibility index (Phi) is 3.19. The van der Waals surface area contributed by atoms with E-state index in [9.17, 15) is 0 Å². The first-order chi connectivity index (χ1) is 8.93. The number of rotatable bonds is 3. The maximum absolute atomic E-state index is 4.30. The molecule has 0 unspecified atom stereocenters. The Morgan fingerprint density at radius 3 is 2.83 bits per heavy atom. The molecule has 0 amide bonds. The molecule has 0 fully saturated rings. The molecule has 0 saturated carbocycles. The van der Waals surface area contributed by atoms with Crippen LogP contribution < -0.4 is 0 Å². The van der Waals surface area contributed by atoms with Crippen LogP contribution in [0.3, 0.4) is 0 Å². The van der Waals surface area contributed by atoms with Gasteiger partial charge in [0.05, 0.1) is 5.69 Å². The zero-order chi connectivity index (χ0) is 12.2. The Balaban J connectivity index is 1.87. The molecule has 3 aromatic rings. The van der Waals surface area contributed by atoms with Gasteiger partial charge in [0.15, 0.2) is 0 Å². The van der Waals surface area contributed by atoms with Crippen LogP contribution in [0.25, 0.3) is 10.8 Å². The molecule has 1 aromatic carbocycles. The highest BCUT2D eigenvalue weighted by Gasteiger charge is 2.04. The molecular formula is C14H10N3S. The lowest BCUT2D eigenvalue weighted by molar-refractivity contribution is 0.949. The summed E-state index contributed by atoms with van der Waals surface area (Å²) in [4.78, 5) is 4.30. The molecular weight excluding hydrogens is 242 g/mol. The first-order valence-corrected chi connectivity index (χ1v) is 6.58. The minimum absolute atomic E-state index is 0.795. The van der Waals surface area contributed by atoms with E-state index in [1.54, 1.807) is 18.0 Å². The summed E-state index contributed by atoms with van der Waals surface area (Å²) in [6.07, 6.45) is 4.70. The van der Waals surface area contributed by atoms with E-state index in [2.05, 4.69) is 21.4 Å².